The second kappa shape index (κ2) is 14.0. The Morgan fingerprint density at radius 1 is 0.756 bits per heavy atom. The van der Waals surface area contributed by atoms with E-state index in [-0.39, 0.29) is 30.6 Å². The molecule has 7 N–H and O–H groups in total. The Morgan fingerprint density at radius 3 is 1.90 bits per heavy atom. The highest BCUT2D eigenvalue weighted by Gasteiger charge is 2.28. The van der Waals surface area contributed by atoms with Gasteiger partial charge in [-0.3, -0.25) is 9.59 Å². The lowest BCUT2D eigenvalue weighted by atomic mass is 9.89. The maximum Gasteiger partial charge on any atom is 0.242 e. The van der Waals surface area contributed by atoms with Crippen LogP contribution in [0.5, 0.6) is 11.5 Å². The average molecular weight is 555 g/mol. The Labute approximate surface area is 238 Å². The summed E-state index contributed by atoms with van der Waals surface area (Å²) < 4.78 is 0. The highest BCUT2D eigenvalue weighted by Crippen LogP contribution is 2.28. The van der Waals surface area contributed by atoms with E-state index in [4.69, 9.17) is 10.8 Å². The zero-order valence-electron chi connectivity index (χ0n) is 22.5. The van der Waals surface area contributed by atoms with Gasteiger partial charge in [0, 0.05) is 19.3 Å². The van der Waals surface area contributed by atoms with Gasteiger partial charge in [0.15, 0.2) is 0 Å². The standard InChI is InChI=1S/C32H34N4O5/c33-29-19-22(15-17-34-29)5-14-28(31(40)35-20-23-3-1-21(2-4-23)16-18-37)36-32(41)30(24-6-10-26(38)11-7-24)25-8-12-27(39)13-9-25/h1-4,6-13,15,17,19,28,30,37-39H,5,14,16,18,20H2,(H2,33,34)(H,35,40)(H,36,41). The number of aromatic nitrogens is 1. The zero-order chi connectivity index (χ0) is 29.2. The van der Waals surface area contributed by atoms with Gasteiger partial charge in [-0.2, -0.15) is 0 Å². The molecule has 9 nitrogen and oxygen atoms in total. The monoisotopic (exact) mass is 554 g/mol. The van der Waals surface area contributed by atoms with Crippen molar-refractivity contribution in [1.29, 1.82) is 0 Å². The Balaban J connectivity index is 1.55. The summed E-state index contributed by atoms with van der Waals surface area (Å²) in [6, 6.07) is 22.9. The summed E-state index contributed by atoms with van der Waals surface area (Å²) in [5, 5.41) is 34.6. The van der Waals surface area contributed by atoms with Crippen molar-refractivity contribution in [2.24, 2.45) is 0 Å². The Bertz CT molecular complexity index is 1400. The number of nitrogens with one attached hydrogen (secondary N) is 2. The maximum absolute atomic E-state index is 13.8. The molecule has 9 heteroatoms. The maximum atomic E-state index is 13.8. The molecule has 0 aliphatic heterocycles. The van der Waals surface area contributed by atoms with Gasteiger partial charge in [0.1, 0.15) is 23.4 Å². The van der Waals surface area contributed by atoms with E-state index in [0.29, 0.717) is 36.2 Å². The van der Waals surface area contributed by atoms with E-state index in [2.05, 4.69) is 15.6 Å². The van der Waals surface area contributed by atoms with Crippen LogP contribution in [0.1, 0.15) is 40.2 Å². The molecule has 0 aliphatic carbocycles. The number of aromatic hydroxyl groups is 2. The molecule has 1 unspecified atom stereocenters. The molecule has 1 heterocycles. The van der Waals surface area contributed by atoms with Crippen LogP contribution >= 0.6 is 0 Å². The topological polar surface area (TPSA) is 158 Å². The third kappa shape index (κ3) is 8.30. The van der Waals surface area contributed by atoms with Gasteiger partial charge in [-0.1, -0.05) is 48.5 Å². The van der Waals surface area contributed by atoms with Crippen LogP contribution in [-0.4, -0.2) is 44.8 Å². The van der Waals surface area contributed by atoms with Gasteiger partial charge in [-0.25, -0.2) is 4.98 Å². The Morgan fingerprint density at radius 2 is 1.34 bits per heavy atom. The number of carbonyl (C=O) groups is 2. The van der Waals surface area contributed by atoms with E-state index >= 15 is 0 Å². The fraction of sp³-hybridized carbons (Fsp3) is 0.219. The first-order valence-electron chi connectivity index (χ1n) is 13.4. The first kappa shape index (κ1) is 29.1. The second-order valence-corrected chi connectivity index (χ2v) is 9.81. The number of aryl methyl sites for hydroxylation is 1. The third-order valence-corrected chi connectivity index (χ3v) is 6.81. The summed E-state index contributed by atoms with van der Waals surface area (Å²) in [5.41, 5.74) is 9.84. The highest BCUT2D eigenvalue weighted by molar-refractivity contribution is 5.92. The summed E-state index contributed by atoms with van der Waals surface area (Å²) in [4.78, 5) is 31.2. The van der Waals surface area contributed by atoms with Gasteiger partial charge in [-0.15, -0.1) is 0 Å². The van der Waals surface area contributed by atoms with E-state index < -0.39 is 17.9 Å². The largest absolute Gasteiger partial charge is 0.508 e. The molecule has 3 aromatic carbocycles. The summed E-state index contributed by atoms with van der Waals surface area (Å²) in [7, 11) is 0. The number of nitrogens with two attached hydrogens (primary N) is 1. The minimum Gasteiger partial charge on any atom is -0.508 e. The number of aliphatic hydroxyl groups is 1. The van der Waals surface area contributed by atoms with Crippen LogP contribution in [0.2, 0.25) is 0 Å². The first-order valence-corrected chi connectivity index (χ1v) is 13.4. The number of hydrogen-bond acceptors (Lipinski definition) is 7. The van der Waals surface area contributed by atoms with E-state index in [1.165, 1.54) is 24.3 Å². The van der Waals surface area contributed by atoms with Crippen molar-refractivity contribution in [3.8, 4) is 11.5 Å². The van der Waals surface area contributed by atoms with E-state index in [9.17, 15) is 19.8 Å². The number of aliphatic hydroxyl groups excluding tert-OH is 1. The summed E-state index contributed by atoms with van der Waals surface area (Å²) in [6.45, 7) is 0.335. The lowest BCUT2D eigenvalue weighted by Gasteiger charge is -2.23. The number of nitrogens with zero attached hydrogens (tertiary/aromatic N) is 1. The number of anilines is 1. The minimum absolute atomic E-state index is 0.0653. The van der Waals surface area contributed by atoms with Crippen LogP contribution in [0.4, 0.5) is 5.82 Å². The molecule has 212 valence electrons. The average Bonchev–Trinajstić information content (AvgIpc) is 2.97. The molecule has 41 heavy (non-hydrogen) atoms. The van der Waals surface area contributed by atoms with Crippen molar-refractivity contribution in [2.75, 3.05) is 12.3 Å². The Kier molecular flexibility index (Phi) is 9.90. The van der Waals surface area contributed by atoms with Crippen molar-refractivity contribution in [3.05, 3.63) is 119 Å². The Hall–Kier alpha value is -4.89. The molecule has 0 aliphatic rings. The lowest BCUT2D eigenvalue weighted by molar-refractivity contribution is -0.129. The lowest BCUT2D eigenvalue weighted by Crippen LogP contribution is -2.48. The predicted octanol–water partition coefficient (Wildman–Crippen LogP) is 3.18. The third-order valence-electron chi connectivity index (χ3n) is 6.81. The fourth-order valence-corrected chi connectivity index (χ4v) is 4.58. The van der Waals surface area contributed by atoms with Crippen molar-refractivity contribution in [2.45, 2.75) is 37.8 Å². The molecule has 0 saturated heterocycles. The molecule has 0 radical (unpaired) electrons. The number of nitrogen functional groups attached to an aromatic ring is 1. The van der Waals surface area contributed by atoms with Gasteiger partial charge in [-0.05, 0) is 83.5 Å². The van der Waals surface area contributed by atoms with Crippen molar-refractivity contribution in [1.82, 2.24) is 15.6 Å². The molecule has 0 fully saturated rings. The quantitative estimate of drug-likeness (QED) is 0.157. The number of carbonyl (C=O) groups excluding carboxylic acids is 2. The molecular weight excluding hydrogens is 520 g/mol. The van der Waals surface area contributed by atoms with Crippen LogP contribution in [0.3, 0.4) is 0 Å². The number of phenols is 2. The SMILES string of the molecule is Nc1cc(CCC(NC(=O)C(c2ccc(O)cc2)c2ccc(O)cc2)C(=O)NCc2ccc(CCO)cc2)ccn1. The molecule has 0 spiro atoms. The fourth-order valence-electron chi connectivity index (χ4n) is 4.58. The number of amides is 2. The van der Waals surface area contributed by atoms with Crippen LogP contribution in [0.15, 0.2) is 91.1 Å². The van der Waals surface area contributed by atoms with Crippen molar-refractivity contribution >= 4 is 17.6 Å². The van der Waals surface area contributed by atoms with Gasteiger partial charge in [0.05, 0.1) is 5.92 Å². The number of benzene rings is 3. The summed E-state index contributed by atoms with van der Waals surface area (Å²) >= 11 is 0. The molecule has 4 aromatic rings. The van der Waals surface area contributed by atoms with E-state index in [1.807, 2.05) is 30.3 Å². The zero-order valence-corrected chi connectivity index (χ0v) is 22.5. The van der Waals surface area contributed by atoms with Crippen molar-refractivity contribution in [3.63, 3.8) is 0 Å². The van der Waals surface area contributed by atoms with Crippen molar-refractivity contribution < 1.29 is 24.9 Å². The summed E-state index contributed by atoms with van der Waals surface area (Å²) in [5.74, 6) is -1.02. The van der Waals surface area contributed by atoms with E-state index in [1.54, 1.807) is 36.5 Å². The number of phenolic OH excluding ortho intramolecular Hbond substituents is 2. The number of pyridine rings is 1. The molecule has 2 amide bonds. The molecule has 4 rings (SSSR count). The highest BCUT2D eigenvalue weighted by atomic mass is 16.3. The minimum atomic E-state index is -0.859. The smallest absolute Gasteiger partial charge is 0.242 e. The molecule has 1 atom stereocenters. The van der Waals surface area contributed by atoms with Gasteiger partial charge in [0.2, 0.25) is 11.8 Å². The van der Waals surface area contributed by atoms with Gasteiger partial charge < -0.3 is 31.7 Å². The molecule has 0 bridgehead atoms. The van der Waals surface area contributed by atoms with Gasteiger partial charge >= 0.3 is 0 Å². The number of hydrogen-bond donors (Lipinski definition) is 6. The van der Waals surface area contributed by atoms with Crippen LogP contribution < -0.4 is 16.4 Å². The van der Waals surface area contributed by atoms with Crippen LogP contribution in [-0.2, 0) is 29.0 Å². The summed E-state index contributed by atoms with van der Waals surface area (Å²) in [6.07, 6.45) is 2.95. The van der Waals surface area contributed by atoms with Crippen LogP contribution in [0.25, 0.3) is 0 Å². The predicted molar refractivity (Wildman–Crippen MR) is 156 cm³/mol. The number of rotatable bonds is 12. The van der Waals surface area contributed by atoms with E-state index in [0.717, 1.165) is 16.7 Å². The second-order valence-electron chi connectivity index (χ2n) is 9.81. The normalized spacial score (nSPS) is 11.7. The van der Waals surface area contributed by atoms with Crippen LogP contribution in [0, 0.1) is 0 Å². The first-order chi connectivity index (χ1) is 19.8. The molecule has 1 aromatic heterocycles. The molecular formula is C32H34N4O5. The molecule has 0 saturated carbocycles. The van der Waals surface area contributed by atoms with Gasteiger partial charge in [0.25, 0.3) is 0 Å².